The molecule has 9 rings (SSSR count). The van der Waals surface area contributed by atoms with Crippen molar-refractivity contribution in [1.29, 1.82) is 0 Å². The maximum atomic E-state index is 13.7. The van der Waals surface area contributed by atoms with Crippen molar-refractivity contribution in [3.63, 3.8) is 0 Å². The molecule has 6 aromatic carbocycles. The van der Waals surface area contributed by atoms with Crippen molar-refractivity contribution in [2.75, 3.05) is 9.80 Å². The van der Waals surface area contributed by atoms with Crippen LogP contribution in [0.1, 0.15) is 23.0 Å². The summed E-state index contributed by atoms with van der Waals surface area (Å²) in [4.78, 5) is 35.2. The second kappa shape index (κ2) is 11.4. The van der Waals surface area contributed by atoms with E-state index in [1.54, 1.807) is 23.5 Å². The number of ketones is 2. The fraction of sp³-hybridized carbons (Fsp3) is 0.0500. The molecule has 10 heteroatoms. The number of anilines is 6. The van der Waals surface area contributed by atoms with Crippen molar-refractivity contribution >= 4 is 69.2 Å². The van der Waals surface area contributed by atoms with Gasteiger partial charge >= 0.3 is 0 Å². The van der Waals surface area contributed by atoms with Gasteiger partial charge in [0.2, 0.25) is 0 Å². The molecule has 0 atom stereocenters. The molecule has 1 fully saturated rings. The highest BCUT2D eigenvalue weighted by molar-refractivity contribution is 8.00. The van der Waals surface area contributed by atoms with Gasteiger partial charge in [-0.1, -0.05) is 72.1 Å². The summed E-state index contributed by atoms with van der Waals surface area (Å²) in [5.41, 5.74) is 3.89. The lowest BCUT2D eigenvalue weighted by Gasteiger charge is -2.36. The lowest BCUT2D eigenvalue weighted by atomic mass is 9.65. The molecule has 6 aromatic rings. The van der Waals surface area contributed by atoms with Gasteiger partial charge in [-0.3, -0.25) is 9.59 Å². The van der Waals surface area contributed by atoms with Crippen molar-refractivity contribution in [3.05, 3.63) is 132 Å². The maximum absolute atomic E-state index is 13.7. The fourth-order valence-electron chi connectivity index (χ4n) is 7.12. The number of benzene rings is 6. The minimum atomic E-state index is -1.47. The highest BCUT2D eigenvalue weighted by atomic mass is 32.2. The standard InChI is InChI=1S/C40H26N2O6S2/c43-27-17-21(41-23-9-1-5-13-31(23)49-32-14-6-2-10-24(32)41)18-28(44)35(27)37-39(47)38(40(37)48)36-29(45)19-22(20-30(36)46)42-25-11-3-7-15-33(25)50-34-16-8-4-12-26(34)42/h1-20,37-38,43-46H. The van der Waals surface area contributed by atoms with Crippen LogP contribution in [0, 0.1) is 0 Å². The average Bonchev–Trinajstić information content (AvgIpc) is 3.12. The van der Waals surface area contributed by atoms with E-state index in [0.29, 0.717) is 11.4 Å². The Hall–Kier alpha value is -5.84. The summed E-state index contributed by atoms with van der Waals surface area (Å²) in [7, 11) is 0. The molecule has 0 radical (unpaired) electrons. The summed E-state index contributed by atoms with van der Waals surface area (Å²) in [5.74, 6) is -5.90. The largest absolute Gasteiger partial charge is 0.507 e. The van der Waals surface area contributed by atoms with Gasteiger partial charge in [0, 0.05) is 43.8 Å². The van der Waals surface area contributed by atoms with Gasteiger partial charge in [-0.2, -0.15) is 0 Å². The van der Waals surface area contributed by atoms with Crippen LogP contribution in [0.4, 0.5) is 34.1 Å². The Balaban J connectivity index is 1.05. The van der Waals surface area contributed by atoms with Crippen LogP contribution in [0.25, 0.3) is 0 Å². The molecule has 1 aliphatic carbocycles. The number of phenols is 4. The first-order chi connectivity index (χ1) is 24.3. The summed E-state index contributed by atoms with van der Waals surface area (Å²) in [6.45, 7) is 0. The van der Waals surface area contributed by atoms with E-state index in [2.05, 4.69) is 0 Å². The number of rotatable bonds is 4. The molecule has 0 amide bonds. The Bertz CT molecular complexity index is 2110. The van der Waals surface area contributed by atoms with Gasteiger partial charge in [0.15, 0.2) is 11.6 Å². The first-order valence-corrected chi connectivity index (χ1v) is 17.4. The van der Waals surface area contributed by atoms with E-state index in [1.807, 2.05) is 107 Å². The molecule has 0 saturated heterocycles. The van der Waals surface area contributed by atoms with Crippen molar-refractivity contribution in [3.8, 4) is 23.0 Å². The van der Waals surface area contributed by atoms with Crippen molar-refractivity contribution in [1.82, 2.24) is 0 Å². The number of carbonyl (C=O) groups excluding carboxylic acids is 2. The van der Waals surface area contributed by atoms with Crippen LogP contribution >= 0.6 is 23.5 Å². The van der Waals surface area contributed by atoms with Crippen LogP contribution in [0.3, 0.4) is 0 Å². The quantitative estimate of drug-likeness (QED) is 0.133. The highest BCUT2D eigenvalue weighted by Gasteiger charge is 2.54. The summed E-state index contributed by atoms with van der Waals surface area (Å²) >= 11 is 3.23. The average molecular weight is 695 g/mol. The van der Waals surface area contributed by atoms with Crippen LogP contribution in [0.15, 0.2) is 141 Å². The van der Waals surface area contributed by atoms with E-state index in [9.17, 15) is 30.0 Å². The minimum absolute atomic E-state index is 0.206. The smallest absolute Gasteiger partial charge is 0.163 e. The Morgan fingerprint density at radius 1 is 0.420 bits per heavy atom. The zero-order valence-corrected chi connectivity index (χ0v) is 27.7. The zero-order chi connectivity index (χ0) is 34.3. The number of fused-ring (bicyclic) bond motifs is 4. The van der Waals surface area contributed by atoms with E-state index in [-0.39, 0.29) is 11.1 Å². The third-order valence-corrected chi connectivity index (χ3v) is 11.6. The topological polar surface area (TPSA) is 122 Å². The predicted molar refractivity (Wildman–Crippen MR) is 193 cm³/mol. The number of Topliss-reactive ketones (excluding diaryl/α,β-unsaturated/α-hetero) is 2. The van der Waals surface area contributed by atoms with Gasteiger partial charge in [0.25, 0.3) is 0 Å². The summed E-state index contributed by atoms with van der Waals surface area (Å²) < 4.78 is 0. The van der Waals surface area contributed by atoms with E-state index >= 15 is 0 Å². The molecule has 2 heterocycles. The summed E-state index contributed by atoms with van der Waals surface area (Å²) in [5, 5.41) is 45.1. The molecular weight excluding hydrogens is 669 g/mol. The molecule has 244 valence electrons. The Morgan fingerprint density at radius 2 is 0.680 bits per heavy atom. The lowest BCUT2D eigenvalue weighted by molar-refractivity contribution is -0.142. The minimum Gasteiger partial charge on any atom is -0.507 e. The molecule has 1 saturated carbocycles. The van der Waals surface area contributed by atoms with Crippen LogP contribution in [0.5, 0.6) is 23.0 Å². The molecular formula is C40H26N2O6S2. The Kier molecular flexibility index (Phi) is 6.87. The van der Waals surface area contributed by atoms with E-state index in [1.165, 1.54) is 24.3 Å². The van der Waals surface area contributed by atoms with Gasteiger partial charge in [-0.15, -0.1) is 0 Å². The molecule has 3 aliphatic rings. The second-order valence-electron chi connectivity index (χ2n) is 12.2. The Labute approximate surface area is 294 Å². The highest BCUT2D eigenvalue weighted by Crippen LogP contribution is 2.57. The van der Waals surface area contributed by atoms with Crippen LogP contribution in [-0.4, -0.2) is 32.0 Å². The van der Waals surface area contributed by atoms with Gasteiger partial charge in [0.05, 0.1) is 45.3 Å². The monoisotopic (exact) mass is 694 g/mol. The number of aromatic hydroxyl groups is 4. The van der Waals surface area contributed by atoms with Crippen LogP contribution in [-0.2, 0) is 9.59 Å². The van der Waals surface area contributed by atoms with Crippen molar-refractivity contribution < 1.29 is 30.0 Å². The number of nitrogens with zero attached hydrogens (tertiary/aromatic N) is 2. The number of hydrogen-bond donors (Lipinski definition) is 4. The molecule has 0 aromatic heterocycles. The van der Waals surface area contributed by atoms with Gasteiger partial charge in [-0.05, 0) is 48.5 Å². The SMILES string of the molecule is O=C1C(c2c(O)cc(N3c4ccccc4Sc4ccccc43)cc2O)C(=O)C1c1c(O)cc(N2c3ccccc3Sc3ccccc32)cc1O. The van der Waals surface area contributed by atoms with Gasteiger partial charge in [0.1, 0.15) is 34.8 Å². The summed E-state index contributed by atoms with van der Waals surface area (Å²) in [6, 6.07) is 36.8. The molecule has 0 spiro atoms. The molecule has 50 heavy (non-hydrogen) atoms. The lowest BCUT2D eigenvalue weighted by Crippen LogP contribution is -2.44. The number of para-hydroxylation sites is 4. The third kappa shape index (κ3) is 4.49. The van der Waals surface area contributed by atoms with E-state index < -0.39 is 46.4 Å². The first kappa shape index (κ1) is 30.2. The number of phenolic OH excluding ortho intramolecular Hbond substituents is 4. The van der Waals surface area contributed by atoms with Crippen LogP contribution in [0.2, 0.25) is 0 Å². The maximum Gasteiger partial charge on any atom is 0.163 e. The fourth-order valence-corrected chi connectivity index (χ4v) is 9.23. The van der Waals surface area contributed by atoms with Crippen molar-refractivity contribution in [2.45, 2.75) is 31.4 Å². The summed E-state index contributed by atoms with van der Waals surface area (Å²) in [6.07, 6.45) is 0. The van der Waals surface area contributed by atoms with Gasteiger partial charge in [-0.25, -0.2) is 0 Å². The molecule has 0 bridgehead atoms. The molecule has 0 unspecified atom stereocenters. The van der Waals surface area contributed by atoms with Crippen LogP contribution < -0.4 is 9.80 Å². The van der Waals surface area contributed by atoms with E-state index in [4.69, 9.17) is 0 Å². The zero-order valence-electron chi connectivity index (χ0n) is 26.0. The third-order valence-electron chi connectivity index (χ3n) is 9.34. The number of carbonyl (C=O) groups is 2. The van der Waals surface area contributed by atoms with E-state index in [0.717, 1.165) is 42.3 Å². The normalized spacial score (nSPS) is 17.4. The van der Waals surface area contributed by atoms with Gasteiger partial charge < -0.3 is 30.2 Å². The first-order valence-electron chi connectivity index (χ1n) is 15.8. The molecule has 8 nitrogen and oxygen atoms in total. The van der Waals surface area contributed by atoms with Crippen molar-refractivity contribution in [2.24, 2.45) is 0 Å². The Morgan fingerprint density at radius 3 is 0.960 bits per heavy atom. The predicted octanol–water partition coefficient (Wildman–Crippen LogP) is 9.40. The second-order valence-corrected chi connectivity index (χ2v) is 14.4. The molecule has 4 N–H and O–H groups in total. The number of hydrogen-bond acceptors (Lipinski definition) is 10. The molecule has 2 aliphatic heterocycles.